The SMILES string of the molecule is C=CCN(CCO)C(=O)CCc1ccc(CC)cc1. The Bertz CT molecular complexity index is 398. The fourth-order valence-corrected chi connectivity index (χ4v) is 1.95. The maximum absolute atomic E-state index is 12.0. The number of nitrogens with zero attached hydrogens (tertiary/aromatic N) is 1. The summed E-state index contributed by atoms with van der Waals surface area (Å²) in [7, 11) is 0. The Labute approximate surface area is 115 Å². The van der Waals surface area contributed by atoms with Gasteiger partial charge in [0, 0.05) is 19.5 Å². The number of carbonyl (C=O) groups is 1. The average molecular weight is 261 g/mol. The Hall–Kier alpha value is -1.61. The molecule has 1 rings (SSSR count). The van der Waals surface area contributed by atoms with Gasteiger partial charge in [-0.25, -0.2) is 0 Å². The minimum absolute atomic E-state index is 0.00915. The van der Waals surface area contributed by atoms with E-state index in [1.807, 2.05) is 0 Å². The molecule has 1 amide bonds. The molecule has 0 fully saturated rings. The zero-order valence-electron chi connectivity index (χ0n) is 11.6. The van der Waals surface area contributed by atoms with E-state index in [0.29, 0.717) is 19.5 Å². The highest BCUT2D eigenvalue weighted by Gasteiger charge is 2.11. The van der Waals surface area contributed by atoms with Crippen molar-refractivity contribution in [2.45, 2.75) is 26.2 Å². The van der Waals surface area contributed by atoms with E-state index in [0.717, 1.165) is 12.8 Å². The number of aryl methyl sites for hydroxylation is 2. The van der Waals surface area contributed by atoms with Crippen LogP contribution in [0.1, 0.15) is 24.5 Å². The Balaban J connectivity index is 2.49. The summed E-state index contributed by atoms with van der Waals surface area (Å²) in [6.07, 6.45) is 3.92. The van der Waals surface area contributed by atoms with Crippen LogP contribution in [0.3, 0.4) is 0 Å². The van der Waals surface area contributed by atoms with Crippen LogP contribution >= 0.6 is 0 Å². The number of aliphatic hydroxyl groups is 1. The fraction of sp³-hybridized carbons (Fsp3) is 0.438. The van der Waals surface area contributed by atoms with Gasteiger partial charge in [0.25, 0.3) is 0 Å². The summed E-state index contributed by atoms with van der Waals surface area (Å²) < 4.78 is 0. The summed E-state index contributed by atoms with van der Waals surface area (Å²) in [6.45, 7) is 6.61. The van der Waals surface area contributed by atoms with Crippen molar-refractivity contribution in [3.8, 4) is 0 Å². The molecule has 0 aromatic heterocycles. The molecule has 0 saturated heterocycles. The molecule has 0 unspecified atom stereocenters. The van der Waals surface area contributed by atoms with Gasteiger partial charge in [-0.1, -0.05) is 37.3 Å². The normalized spacial score (nSPS) is 10.2. The second-order valence-electron chi connectivity index (χ2n) is 4.52. The van der Waals surface area contributed by atoms with E-state index in [4.69, 9.17) is 5.11 Å². The van der Waals surface area contributed by atoms with Crippen LogP contribution in [0.4, 0.5) is 0 Å². The lowest BCUT2D eigenvalue weighted by atomic mass is 10.1. The van der Waals surface area contributed by atoms with Crippen LogP contribution in [0.2, 0.25) is 0 Å². The number of hydrogen-bond donors (Lipinski definition) is 1. The second-order valence-corrected chi connectivity index (χ2v) is 4.52. The van der Waals surface area contributed by atoms with Gasteiger partial charge < -0.3 is 10.0 Å². The maximum Gasteiger partial charge on any atom is 0.223 e. The molecule has 1 N–H and O–H groups in total. The molecule has 1 aromatic carbocycles. The number of rotatable bonds is 8. The Kier molecular flexibility index (Phi) is 6.90. The monoisotopic (exact) mass is 261 g/mol. The second kappa shape index (κ2) is 8.48. The topological polar surface area (TPSA) is 40.5 Å². The van der Waals surface area contributed by atoms with Gasteiger partial charge in [-0.2, -0.15) is 0 Å². The molecule has 104 valence electrons. The third-order valence-corrected chi connectivity index (χ3v) is 3.13. The predicted molar refractivity (Wildman–Crippen MR) is 78.0 cm³/mol. The summed E-state index contributed by atoms with van der Waals surface area (Å²) >= 11 is 0. The molecule has 1 aromatic rings. The first-order valence-electron chi connectivity index (χ1n) is 6.78. The smallest absolute Gasteiger partial charge is 0.223 e. The van der Waals surface area contributed by atoms with Crippen LogP contribution in [-0.4, -0.2) is 35.6 Å². The van der Waals surface area contributed by atoms with Crippen molar-refractivity contribution in [3.63, 3.8) is 0 Å². The number of hydrogen-bond acceptors (Lipinski definition) is 2. The summed E-state index contributed by atoms with van der Waals surface area (Å²) in [5.41, 5.74) is 2.48. The molecule has 0 aliphatic rings. The lowest BCUT2D eigenvalue weighted by Crippen LogP contribution is -2.33. The first-order valence-corrected chi connectivity index (χ1v) is 6.78. The summed E-state index contributed by atoms with van der Waals surface area (Å²) in [4.78, 5) is 13.6. The van der Waals surface area contributed by atoms with Crippen molar-refractivity contribution in [1.29, 1.82) is 0 Å². The van der Waals surface area contributed by atoms with Crippen molar-refractivity contribution in [2.24, 2.45) is 0 Å². The molecule has 0 aliphatic heterocycles. The van der Waals surface area contributed by atoms with Crippen molar-refractivity contribution < 1.29 is 9.90 Å². The maximum atomic E-state index is 12.0. The molecular formula is C16H23NO2. The predicted octanol–water partition coefficient (Wildman–Crippen LogP) is 2.19. The van der Waals surface area contributed by atoms with Crippen LogP contribution in [0, 0.1) is 0 Å². The number of amides is 1. The molecule has 0 bridgehead atoms. The first kappa shape index (κ1) is 15.4. The highest BCUT2D eigenvalue weighted by atomic mass is 16.3. The standard InChI is InChI=1S/C16H23NO2/c1-3-11-17(12-13-18)16(19)10-9-15-7-5-14(4-2)6-8-15/h3,5-8,18H,1,4,9-13H2,2H3. The average Bonchev–Trinajstić information content (AvgIpc) is 2.45. The molecule has 3 nitrogen and oxygen atoms in total. The Morgan fingerprint density at radius 1 is 1.32 bits per heavy atom. The van der Waals surface area contributed by atoms with Gasteiger partial charge in [0.15, 0.2) is 0 Å². The third kappa shape index (κ3) is 5.26. The van der Waals surface area contributed by atoms with Crippen molar-refractivity contribution >= 4 is 5.91 Å². The number of aliphatic hydroxyl groups excluding tert-OH is 1. The van der Waals surface area contributed by atoms with Crippen molar-refractivity contribution in [2.75, 3.05) is 19.7 Å². The third-order valence-electron chi connectivity index (χ3n) is 3.13. The van der Waals surface area contributed by atoms with E-state index in [1.165, 1.54) is 11.1 Å². The molecule has 0 aliphatic carbocycles. The minimum atomic E-state index is -0.00915. The van der Waals surface area contributed by atoms with Gasteiger partial charge in [0.1, 0.15) is 0 Å². The summed E-state index contributed by atoms with van der Waals surface area (Å²) in [6, 6.07) is 8.37. The molecule has 19 heavy (non-hydrogen) atoms. The molecule has 0 atom stereocenters. The first-order chi connectivity index (χ1) is 9.21. The number of carbonyl (C=O) groups excluding carboxylic acids is 1. The highest BCUT2D eigenvalue weighted by molar-refractivity contribution is 5.76. The number of benzene rings is 1. The molecule has 3 heteroatoms. The molecule has 0 heterocycles. The van der Waals surface area contributed by atoms with Gasteiger partial charge >= 0.3 is 0 Å². The van der Waals surface area contributed by atoms with Crippen molar-refractivity contribution in [3.05, 3.63) is 48.0 Å². The lowest BCUT2D eigenvalue weighted by molar-refractivity contribution is -0.131. The van der Waals surface area contributed by atoms with Gasteiger partial charge in [-0.15, -0.1) is 6.58 Å². The Morgan fingerprint density at radius 3 is 2.47 bits per heavy atom. The molecule has 0 radical (unpaired) electrons. The largest absolute Gasteiger partial charge is 0.395 e. The van der Waals surface area contributed by atoms with Crippen molar-refractivity contribution in [1.82, 2.24) is 4.90 Å². The molecule has 0 saturated carbocycles. The Morgan fingerprint density at radius 2 is 1.95 bits per heavy atom. The lowest BCUT2D eigenvalue weighted by Gasteiger charge is -2.19. The molecular weight excluding hydrogens is 238 g/mol. The summed E-state index contributed by atoms with van der Waals surface area (Å²) in [5.74, 6) is 0.0634. The van der Waals surface area contributed by atoms with Crippen LogP contribution in [0.15, 0.2) is 36.9 Å². The van der Waals surface area contributed by atoms with E-state index in [-0.39, 0.29) is 12.5 Å². The van der Waals surface area contributed by atoms with Crippen LogP contribution in [-0.2, 0) is 17.6 Å². The van der Waals surface area contributed by atoms with Crippen LogP contribution in [0.25, 0.3) is 0 Å². The van der Waals surface area contributed by atoms with Gasteiger partial charge in [-0.3, -0.25) is 4.79 Å². The van der Waals surface area contributed by atoms with Crippen LogP contribution < -0.4 is 0 Å². The van der Waals surface area contributed by atoms with Gasteiger partial charge in [0.05, 0.1) is 6.61 Å². The van der Waals surface area contributed by atoms with Gasteiger partial charge in [-0.05, 0) is 24.0 Å². The summed E-state index contributed by atoms with van der Waals surface area (Å²) in [5, 5.41) is 8.93. The van der Waals surface area contributed by atoms with E-state index in [9.17, 15) is 4.79 Å². The van der Waals surface area contributed by atoms with Crippen LogP contribution in [0.5, 0.6) is 0 Å². The zero-order chi connectivity index (χ0) is 14.1. The van der Waals surface area contributed by atoms with E-state index in [1.54, 1.807) is 11.0 Å². The van der Waals surface area contributed by atoms with E-state index < -0.39 is 0 Å². The minimum Gasteiger partial charge on any atom is -0.395 e. The zero-order valence-corrected chi connectivity index (χ0v) is 11.6. The fourth-order valence-electron chi connectivity index (χ4n) is 1.95. The quantitative estimate of drug-likeness (QED) is 0.729. The molecule has 0 spiro atoms. The highest BCUT2D eigenvalue weighted by Crippen LogP contribution is 2.08. The van der Waals surface area contributed by atoms with Gasteiger partial charge in [0.2, 0.25) is 5.91 Å². The van der Waals surface area contributed by atoms with E-state index >= 15 is 0 Å². The van der Waals surface area contributed by atoms with E-state index in [2.05, 4.69) is 37.8 Å².